The Bertz CT molecular complexity index is 918. The highest BCUT2D eigenvalue weighted by atomic mass is 35.5. The van der Waals surface area contributed by atoms with Crippen LogP contribution in [-0.2, 0) is 0 Å². The Morgan fingerprint density at radius 3 is 2.68 bits per heavy atom. The van der Waals surface area contributed by atoms with Gasteiger partial charge in [0, 0.05) is 11.8 Å². The summed E-state index contributed by atoms with van der Waals surface area (Å²) in [5.74, 6) is -1.26. The molecule has 3 rings (SSSR count). The smallest absolute Gasteiger partial charge is 0.223 e. The van der Waals surface area contributed by atoms with Gasteiger partial charge in [-0.05, 0) is 37.1 Å². The molecule has 0 aliphatic carbocycles. The van der Waals surface area contributed by atoms with Gasteiger partial charge in [0.15, 0.2) is 17.3 Å². The number of allylic oxidation sites excluding steroid dienone is 1. The summed E-state index contributed by atoms with van der Waals surface area (Å²) in [5.41, 5.74) is 2.37. The van der Waals surface area contributed by atoms with Crippen LogP contribution in [0.1, 0.15) is 18.3 Å². The molecule has 0 amide bonds. The minimum atomic E-state index is -0.683. The van der Waals surface area contributed by atoms with Crippen LogP contribution in [0.4, 0.5) is 8.78 Å². The Morgan fingerprint density at radius 2 is 2.00 bits per heavy atom. The first-order valence-electron chi connectivity index (χ1n) is 6.41. The van der Waals surface area contributed by atoms with E-state index in [-0.39, 0.29) is 22.2 Å². The predicted octanol–water partition coefficient (Wildman–Crippen LogP) is 4.06. The van der Waals surface area contributed by atoms with Gasteiger partial charge in [0.2, 0.25) is 5.28 Å². The van der Waals surface area contributed by atoms with Gasteiger partial charge in [0.05, 0.1) is 17.6 Å². The molecule has 0 unspecified atom stereocenters. The number of pyridine rings is 1. The van der Waals surface area contributed by atoms with Crippen molar-refractivity contribution in [3.8, 4) is 11.3 Å². The van der Waals surface area contributed by atoms with Crippen molar-refractivity contribution < 1.29 is 8.78 Å². The molecule has 22 heavy (non-hydrogen) atoms. The number of imidazole rings is 1. The van der Waals surface area contributed by atoms with E-state index in [4.69, 9.17) is 11.6 Å². The molecule has 4 nitrogen and oxygen atoms in total. The first-order chi connectivity index (χ1) is 10.4. The summed E-state index contributed by atoms with van der Waals surface area (Å²) >= 11 is 5.69. The highest BCUT2D eigenvalue weighted by molar-refractivity contribution is 6.28. The molecule has 0 spiro atoms. The van der Waals surface area contributed by atoms with Gasteiger partial charge >= 0.3 is 0 Å². The van der Waals surface area contributed by atoms with Crippen molar-refractivity contribution >= 4 is 22.8 Å². The fourth-order valence-corrected chi connectivity index (χ4v) is 2.54. The van der Waals surface area contributed by atoms with Gasteiger partial charge in [0.25, 0.3) is 0 Å². The fraction of sp³-hybridized carbons (Fsp3) is 0.133. The molecule has 0 aliphatic rings. The third-order valence-electron chi connectivity index (χ3n) is 3.24. The lowest BCUT2D eigenvalue weighted by atomic mass is 10.1. The van der Waals surface area contributed by atoms with Crippen molar-refractivity contribution in [3.05, 3.63) is 53.3 Å². The Labute approximate surface area is 130 Å². The molecule has 0 atom stereocenters. The summed E-state index contributed by atoms with van der Waals surface area (Å²) in [5, 5.41) is -0.112. The second kappa shape index (κ2) is 5.14. The summed E-state index contributed by atoms with van der Waals surface area (Å²) in [6.07, 6.45) is 2.51. The van der Waals surface area contributed by atoms with Gasteiger partial charge in [-0.3, -0.25) is 4.40 Å². The molecule has 0 aliphatic heterocycles. The van der Waals surface area contributed by atoms with Gasteiger partial charge in [-0.2, -0.15) is 0 Å². The molecule has 0 fully saturated rings. The molecule has 3 aromatic rings. The van der Waals surface area contributed by atoms with Crippen LogP contribution in [0, 0.1) is 18.6 Å². The standard InChI is InChI=1S/C15H11ClF2N4/c1-7(2)13-8(3)20-14-10(17)4-9(6-22(13)14)12-11(18)5-19-15(16)21-12/h4-6H,1H2,2-3H3. The fourth-order valence-electron chi connectivity index (χ4n) is 2.41. The van der Waals surface area contributed by atoms with E-state index in [1.807, 2.05) is 0 Å². The van der Waals surface area contributed by atoms with E-state index < -0.39 is 11.6 Å². The summed E-state index contributed by atoms with van der Waals surface area (Å²) in [7, 11) is 0. The first-order valence-corrected chi connectivity index (χ1v) is 6.78. The topological polar surface area (TPSA) is 43.1 Å². The highest BCUT2D eigenvalue weighted by Gasteiger charge is 2.17. The normalized spacial score (nSPS) is 11.1. The quantitative estimate of drug-likeness (QED) is 0.669. The minimum absolute atomic E-state index is 0.0696. The molecule has 0 saturated carbocycles. The molecule has 3 heterocycles. The molecule has 112 valence electrons. The number of aromatic nitrogens is 4. The van der Waals surface area contributed by atoms with E-state index in [0.717, 1.165) is 11.8 Å². The second-order valence-electron chi connectivity index (χ2n) is 4.93. The van der Waals surface area contributed by atoms with Crippen LogP contribution < -0.4 is 0 Å². The summed E-state index contributed by atoms with van der Waals surface area (Å²) in [6, 6.07) is 1.17. The van der Waals surface area contributed by atoms with Crippen molar-refractivity contribution in [2.75, 3.05) is 0 Å². The van der Waals surface area contributed by atoms with Crippen molar-refractivity contribution in [3.63, 3.8) is 0 Å². The number of hydrogen-bond acceptors (Lipinski definition) is 3. The molecule has 0 N–H and O–H groups in total. The van der Waals surface area contributed by atoms with Gasteiger partial charge in [0.1, 0.15) is 5.69 Å². The number of rotatable bonds is 2. The number of nitrogens with zero attached hydrogens (tertiary/aromatic N) is 4. The van der Waals surface area contributed by atoms with Crippen molar-refractivity contribution in [2.45, 2.75) is 13.8 Å². The zero-order chi connectivity index (χ0) is 16.0. The maximum absolute atomic E-state index is 14.3. The molecule has 0 aromatic carbocycles. The average molecular weight is 321 g/mol. The van der Waals surface area contributed by atoms with Crippen LogP contribution in [0.5, 0.6) is 0 Å². The number of fused-ring (bicyclic) bond motifs is 1. The molecule has 0 radical (unpaired) electrons. The van der Waals surface area contributed by atoms with Crippen molar-refractivity contribution in [1.29, 1.82) is 0 Å². The SMILES string of the molecule is C=C(C)c1c(C)nc2c(F)cc(-c3nc(Cl)ncc3F)cn12. The largest absolute Gasteiger partial charge is 0.297 e. The Kier molecular flexibility index (Phi) is 3.41. The predicted molar refractivity (Wildman–Crippen MR) is 80.6 cm³/mol. The third-order valence-corrected chi connectivity index (χ3v) is 3.42. The minimum Gasteiger partial charge on any atom is -0.297 e. The van der Waals surface area contributed by atoms with E-state index in [0.29, 0.717) is 11.4 Å². The van der Waals surface area contributed by atoms with Crippen molar-refractivity contribution in [2.24, 2.45) is 0 Å². The Hall–Kier alpha value is -2.34. The van der Waals surface area contributed by atoms with E-state index in [1.165, 1.54) is 10.5 Å². The lowest BCUT2D eigenvalue weighted by Gasteiger charge is -2.07. The second-order valence-corrected chi connectivity index (χ2v) is 5.27. The lowest BCUT2D eigenvalue weighted by molar-refractivity contribution is 0.615. The maximum Gasteiger partial charge on any atom is 0.223 e. The van der Waals surface area contributed by atoms with E-state index in [2.05, 4.69) is 21.5 Å². The van der Waals surface area contributed by atoms with Gasteiger partial charge in [-0.1, -0.05) is 6.58 Å². The van der Waals surface area contributed by atoms with Crippen LogP contribution in [0.2, 0.25) is 5.28 Å². The number of halogens is 3. The number of aryl methyl sites for hydroxylation is 1. The van der Waals surface area contributed by atoms with E-state index >= 15 is 0 Å². The maximum atomic E-state index is 14.3. The Balaban J connectivity index is 2.35. The van der Waals surface area contributed by atoms with E-state index in [1.54, 1.807) is 20.0 Å². The van der Waals surface area contributed by atoms with Crippen LogP contribution in [0.3, 0.4) is 0 Å². The molecule has 3 aromatic heterocycles. The highest BCUT2D eigenvalue weighted by Crippen LogP contribution is 2.27. The summed E-state index contributed by atoms with van der Waals surface area (Å²) in [6.45, 7) is 7.43. The zero-order valence-corrected chi connectivity index (χ0v) is 12.6. The van der Waals surface area contributed by atoms with Gasteiger partial charge in [-0.25, -0.2) is 23.7 Å². The van der Waals surface area contributed by atoms with Crippen LogP contribution in [0.15, 0.2) is 25.0 Å². The van der Waals surface area contributed by atoms with Crippen LogP contribution >= 0.6 is 11.6 Å². The molecule has 0 bridgehead atoms. The van der Waals surface area contributed by atoms with Gasteiger partial charge in [-0.15, -0.1) is 0 Å². The molecule has 0 saturated heterocycles. The third kappa shape index (κ3) is 2.25. The van der Waals surface area contributed by atoms with Crippen molar-refractivity contribution in [1.82, 2.24) is 19.4 Å². The summed E-state index contributed by atoms with van der Waals surface area (Å²) in [4.78, 5) is 11.6. The average Bonchev–Trinajstić information content (AvgIpc) is 2.78. The summed E-state index contributed by atoms with van der Waals surface area (Å²) < 4.78 is 29.8. The molecular weight excluding hydrogens is 310 g/mol. The first kappa shape index (κ1) is 14.6. The zero-order valence-electron chi connectivity index (χ0n) is 11.9. The van der Waals surface area contributed by atoms with Gasteiger partial charge < -0.3 is 0 Å². The van der Waals surface area contributed by atoms with Crippen LogP contribution in [0.25, 0.3) is 22.5 Å². The molecule has 7 heteroatoms. The van der Waals surface area contributed by atoms with E-state index in [9.17, 15) is 8.78 Å². The molecular formula is C15H11ClF2N4. The van der Waals surface area contributed by atoms with Crippen LogP contribution in [-0.4, -0.2) is 19.4 Å². The lowest BCUT2D eigenvalue weighted by Crippen LogP contribution is -1.98. The monoisotopic (exact) mass is 320 g/mol. The number of hydrogen-bond donors (Lipinski definition) is 0. The Morgan fingerprint density at radius 1 is 1.27 bits per heavy atom.